The summed E-state index contributed by atoms with van der Waals surface area (Å²) in [6.45, 7) is 4.01. The van der Waals surface area contributed by atoms with Crippen molar-refractivity contribution in [2.24, 2.45) is 0 Å². The normalized spacial score (nSPS) is 11.5. The topological polar surface area (TPSA) is 67.4 Å². The van der Waals surface area contributed by atoms with Crippen LogP contribution in [0.15, 0.2) is 48.5 Å². The highest BCUT2D eigenvalue weighted by Gasteiger charge is 2.16. The Hall–Kier alpha value is -2.47. The SMILES string of the molecule is CCC(NC(=O)CSCC(=O)Nc1ccc(C)cc1)c1ccccc1OC. The summed E-state index contributed by atoms with van der Waals surface area (Å²) in [5.74, 6) is 1.00. The molecule has 27 heavy (non-hydrogen) atoms. The van der Waals surface area contributed by atoms with E-state index in [1.54, 1.807) is 7.11 Å². The molecule has 0 fully saturated rings. The van der Waals surface area contributed by atoms with Crippen LogP contribution in [0, 0.1) is 6.92 Å². The molecule has 0 aromatic heterocycles. The fourth-order valence-corrected chi connectivity index (χ4v) is 3.29. The Morgan fingerprint density at radius 1 is 1.04 bits per heavy atom. The number of benzene rings is 2. The highest BCUT2D eigenvalue weighted by molar-refractivity contribution is 8.00. The number of nitrogens with one attached hydrogen (secondary N) is 2. The number of amides is 2. The maximum Gasteiger partial charge on any atom is 0.234 e. The molecule has 2 N–H and O–H groups in total. The van der Waals surface area contributed by atoms with Crippen molar-refractivity contribution in [3.05, 3.63) is 59.7 Å². The Labute approximate surface area is 164 Å². The monoisotopic (exact) mass is 386 g/mol. The predicted molar refractivity (Wildman–Crippen MR) is 111 cm³/mol. The van der Waals surface area contributed by atoms with Gasteiger partial charge >= 0.3 is 0 Å². The minimum atomic E-state index is -0.117. The van der Waals surface area contributed by atoms with Gasteiger partial charge in [0.05, 0.1) is 24.7 Å². The largest absolute Gasteiger partial charge is 0.496 e. The van der Waals surface area contributed by atoms with Crippen molar-refractivity contribution in [2.75, 3.05) is 23.9 Å². The lowest BCUT2D eigenvalue weighted by atomic mass is 10.0. The number of aryl methyl sites for hydroxylation is 1. The maximum atomic E-state index is 12.3. The number of ether oxygens (including phenoxy) is 1. The molecule has 2 amide bonds. The van der Waals surface area contributed by atoms with E-state index in [0.29, 0.717) is 0 Å². The lowest BCUT2D eigenvalue weighted by Gasteiger charge is -2.19. The van der Waals surface area contributed by atoms with E-state index in [4.69, 9.17) is 4.74 Å². The first kappa shape index (κ1) is 20.8. The summed E-state index contributed by atoms with van der Waals surface area (Å²) in [5, 5.41) is 5.84. The second-order valence-corrected chi connectivity index (χ2v) is 7.16. The molecule has 0 radical (unpaired) electrons. The number of hydrogen-bond donors (Lipinski definition) is 2. The van der Waals surface area contributed by atoms with Gasteiger partial charge in [-0.3, -0.25) is 9.59 Å². The van der Waals surface area contributed by atoms with Crippen LogP contribution >= 0.6 is 11.8 Å². The summed E-state index contributed by atoms with van der Waals surface area (Å²) in [7, 11) is 1.62. The molecule has 144 valence electrons. The van der Waals surface area contributed by atoms with Crippen LogP contribution in [0.25, 0.3) is 0 Å². The third-order valence-corrected chi connectivity index (χ3v) is 4.99. The first-order valence-electron chi connectivity index (χ1n) is 8.90. The number of hydrogen-bond acceptors (Lipinski definition) is 4. The van der Waals surface area contributed by atoms with Gasteiger partial charge in [-0.1, -0.05) is 42.8 Å². The summed E-state index contributed by atoms with van der Waals surface area (Å²) in [6.07, 6.45) is 0.755. The average Bonchev–Trinajstić information content (AvgIpc) is 2.68. The van der Waals surface area contributed by atoms with Crippen LogP contribution in [-0.2, 0) is 9.59 Å². The Kier molecular flexibility index (Phi) is 8.20. The van der Waals surface area contributed by atoms with Gasteiger partial charge in [-0.2, -0.15) is 0 Å². The molecule has 0 aliphatic rings. The highest BCUT2D eigenvalue weighted by atomic mass is 32.2. The second kappa shape index (κ2) is 10.6. The second-order valence-electron chi connectivity index (χ2n) is 6.18. The lowest BCUT2D eigenvalue weighted by molar-refractivity contribution is -0.119. The minimum Gasteiger partial charge on any atom is -0.496 e. The van der Waals surface area contributed by atoms with E-state index >= 15 is 0 Å². The average molecular weight is 387 g/mol. The summed E-state index contributed by atoms with van der Waals surface area (Å²) < 4.78 is 5.38. The van der Waals surface area contributed by atoms with Gasteiger partial charge in [-0.25, -0.2) is 0 Å². The number of anilines is 1. The number of carbonyl (C=O) groups excluding carboxylic acids is 2. The van der Waals surface area contributed by atoms with Gasteiger partial charge in [-0.15, -0.1) is 11.8 Å². The standard InChI is InChI=1S/C21H26N2O3S/c1-4-18(17-7-5-6-8-19(17)26-3)23-21(25)14-27-13-20(24)22-16-11-9-15(2)10-12-16/h5-12,18H,4,13-14H2,1-3H3,(H,22,24)(H,23,25). The molecule has 6 heteroatoms. The van der Waals surface area contributed by atoms with E-state index in [2.05, 4.69) is 10.6 Å². The van der Waals surface area contributed by atoms with E-state index in [1.165, 1.54) is 11.8 Å². The Bertz CT molecular complexity index is 762. The molecule has 0 saturated heterocycles. The molecule has 0 aliphatic heterocycles. The third-order valence-electron chi connectivity index (χ3n) is 4.06. The van der Waals surface area contributed by atoms with Crippen molar-refractivity contribution in [2.45, 2.75) is 26.3 Å². The highest BCUT2D eigenvalue weighted by Crippen LogP contribution is 2.26. The van der Waals surface area contributed by atoms with Crippen molar-refractivity contribution >= 4 is 29.3 Å². The van der Waals surface area contributed by atoms with Crippen LogP contribution in [0.2, 0.25) is 0 Å². The number of carbonyl (C=O) groups is 2. The third kappa shape index (κ3) is 6.64. The molecule has 0 spiro atoms. The van der Waals surface area contributed by atoms with Crippen molar-refractivity contribution in [3.8, 4) is 5.75 Å². The van der Waals surface area contributed by atoms with Crippen molar-refractivity contribution in [1.82, 2.24) is 5.32 Å². The zero-order valence-corrected chi connectivity index (χ0v) is 16.8. The number of thioether (sulfide) groups is 1. The van der Waals surface area contributed by atoms with E-state index in [9.17, 15) is 9.59 Å². The van der Waals surface area contributed by atoms with Gasteiger partial charge in [0.25, 0.3) is 0 Å². The minimum absolute atomic E-state index is 0.0964. The van der Waals surface area contributed by atoms with E-state index < -0.39 is 0 Å². The quantitative estimate of drug-likeness (QED) is 0.685. The molecule has 1 unspecified atom stereocenters. The van der Waals surface area contributed by atoms with Crippen LogP contribution in [0.3, 0.4) is 0 Å². The molecule has 0 aliphatic carbocycles. The zero-order chi connectivity index (χ0) is 19.6. The Morgan fingerprint density at radius 3 is 2.37 bits per heavy atom. The molecule has 0 bridgehead atoms. The lowest BCUT2D eigenvalue weighted by Crippen LogP contribution is -2.30. The molecular formula is C21H26N2O3S. The van der Waals surface area contributed by atoms with Gasteiger partial charge in [0.15, 0.2) is 0 Å². The first-order chi connectivity index (χ1) is 13.0. The summed E-state index contributed by atoms with van der Waals surface area (Å²) in [5.41, 5.74) is 2.86. The molecule has 2 aromatic rings. The van der Waals surface area contributed by atoms with Gasteiger partial charge in [-0.05, 0) is 31.5 Å². The van der Waals surface area contributed by atoms with Crippen LogP contribution in [0.5, 0.6) is 5.75 Å². The first-order valence-corrected chi connectivity index (χ1v) is 10.1. The summed E-state index contributed by atoms with van der Waals surface area (Å²) in [4.78, 5) is 24.2. The molecular weight excluding hydrogens is 360 g/mol. The van der Waals surface area contributed by atoms with Crippen molar-refractivity contribution < 1.29 is 14.3 Å². The smallest absolute Gasteiger partial charge is 0.234 e. The van der Waals surface area contributed by atoms with Crippen LogP contribution in [-0.4, -0.2) is 30.4 Å². The predicted octanol–water partition coefficient (Wildman–Crippen LogP) is 3.94. The Morgan fingerprint density at radius 2 is 1.70 bits per heavy atom. The van der Waals surface area contributed by atoms with Gasteiger partial charge < -0.3 is 15.4 Å². The summed E-state index contributed by atoms with van der Waals surface area (Å²) in [6, 6.07) is 15.2. The molecule has 0 saturated carbocycles. The fourth-order valence-electron chi connectivity index (χ4n) is 2.66. The van der Waals surface area contributed by atoms with E-state index in [1.807, 2.05) is 62.4 Å². The Balaban J connectivity index is 1.79. The molecule has 5 nitrogen and oxygen atoms in total. The van der Waals surface area contributed by atoms with E-state index in [-0.39, 0.29) is 29.4 Å². The van der Waals surface area contributed by atoms with Gasteiger partial charge in [0.1, 0.15) is 5.75 Å². The van der Waals surface area contributed by atoms with Crippen LogP contribution in [0.1, 0.15) is 30.5 Å². The maximum absolute atomic E-state index is 12.3. The number of para-hydroxylation sites is 1. The van der Waals surface area contributed by atoms with Crippen molar-refractivity contribution in [3.63, 3.8) is 0 Å². The molecule has 2 aromatic carbocycles. The van der Waals surface area contributed by atoms with Crippen LogP contribution in [0.4, 0.5) is 5.69 Å². The zero-order valence-electron chi connectivity index (χ0n) is 16.0. The molecule has 2 rings (SSSR count). The van der Waals surface area contributed by atoms with Crippen molar-refractivity contribution in [1.29, 1.82) is 0 Å². The molecule has 1 atom stereocenters. The number of methoxy groups -OCH3 is 1. The van der Waals surface area contributed by atoms with Gasteiger partial charge in [0, 0.05) is 11.3 Å². The van der Waals surface area contributed by atoms with Crippen LogP contribution < -0.4 is 15.4 Å². The van der Waals surface area contributed by atoms with Gasteiger partial charge in [0.2, 0.25) is 11.8 Å². The summed E-state index contributed by atoms with van der Waals surface area (Å²) >= 11 is 1.29. The van der Waals surface area contributed by atoms with E-state index in [0.717, 1.165) is 29.0 Å². The molecule has 0 heterocycles. The fraction of sp³-hybridized carbons (Fsp3) is 0.333. The number of rotatable bonds is 9.